The van der Waals surface area contributed by atoms with E-state index in [1.807, 2.05) is 13.0 Å². The Morgan fingerprint density at radius 3 is 2.79 bits per heavy atom. The van der Waals surface area contributed by atoms with Gasteiger partial charge in [-0.25, -0.2) is 4.98 Å². The van der Waals surface area contributed by atoms with E-state index in [1.54, 1.807) is 18.2 Å². The summed E-state index contributed by atoms with van der Waals surface area (Å²) < 4.78 is 0. The first kappa shape index (κ1) is 18.9. The number of nitrogens with zero attached hydrogens (tertiary/aromatic N) is 1. The van der Waals surface area contributed by atoms with Gasteiger partial charge in [0.25, 0.3) is 5.91 Å². The number of hydrogen-bond acceptors (Lipinski definition) is 5. The second kappa shape index (κ2) is 6.57. The summed E-state index contributed by atoms with van der Waals surface area (Å²) in [5, 5.41) is 4.07. The molecule has 0 atom stereocenters. The fourth-order valence-corrected chi connectivity index (χ4v) is 4.74. The molecule has 5 nitrogen and oxygen atoms in total. The maximum Gasteiger partial charge on any atom is 0.267 e. The molecule has 0 unspecified atom stereocenters. The van der Waals surface area contributed by atoms with Gasteiger partial charge in [0.2, 0.25) is 0 Å². The molecule has 1 amide bonds. The quantitative estimate of drug-likeness (QED) is 0.601. The van der Waals surface area contributed by atoms with Gasteiger partial charge in [0.05, 0.1) is 11.4 Å². The lowest BCUT2D eigenvalue weighted by Gasteiger charge is -2.29. The van der Waals surface area contributed by atoms with Crippen LogP contribution in [-0.2, 0) is 6.42 Å². The average Bonchev–Trinajstić information content (AvgIpc) is 2.92. The number of benzene rings is 1. The Labute approximate surface area is 171 Å². The standard InChI is InChI=1S/C21H20ClN3O2S/c1-10-4-5-11(22)6-14(10)24-19(27)18-17(23)13-7-12-15(25-20(13)28-18)8-21(2,3)9-16(12)26/h4-7H,8-9,23H2,1-3H3,(H,24,27). The first-order valence-corrected chi connectivity index (χ1v) is 10.2. The molecule has 28 heavy (non-hydrogen) atoms. The summed E-state index contributed by atoms with van der Waals surface area (Å²) in [6.07, 6.45) is 1.21. The third-order valence-electron chi connectivity index (χ3n) is 5.04. The number of halogens is 1. The highest BCUT2D eigenvalue weighted by molar-refractivity contribution is 7.21. The number of thiophene rings is 1. The van der Waals surface area contributed by atoms with Crippen LogP contribution in [0.4, 0.5) is 11.4 Å². The summed E-state index contributed by atoms with van der Waals surface area (Å²) in [5.74, 6) is -0.234. The highest BCUT2D eigenvalue weighted by atomic mass is 35.5. The van der Waals surface area contributed by atoms with Crippen LogP contribution in [0.15, 0.2) is 24.3 Å². The number of nitrogens with one attached hydrogen (secondary N) is 1. The third-order valence-corrected chi connectivity index (χ3v) is 6.39. The normalized spacial score (nSPS) is 15.5. The zero-order chi connectivity index (χ0) is 20.2. The number of aromatic nitrogens is 1. The lowest BCUT2D eigenvalue weighted by atomic mass is 9.75. The Morgan fingerprint density at radius 1 is 1.29 bits per heavy atom. The van der Waals surface area contributed by atoms with E-state index in [2.05, 4.69) is 24.1 Å². The highest BCUT2D eigenvalue weighted by Gasteiger charge is 2.33. The van der Waals surface area contributed by atoms with Crippen LogP contribution < -0.4 is 11.1 Å². The number of rotatable bonds is 2. The summed E-state index contributed by atoms with van der Waals surface area (Å²) in [5.41, 5.74) is 9.45. The molecule has 1 aromatic carbocycles. The van der Waals surface area contributed by atoms with E-state index in [0.29, 0.717) is 43.5 Å². The van der Waals surface area contributed by atoms with Crippen LogP contribution in [-0.4, -0.2) is 16.7 Å². The SMILES string of the molecule is Cc1ccc(Cl)cc1NC(=O)c1sc2nc3c(cc2c1N)C(=O)CC(C)(C)C3. The number of carbonyl (C=O) groups is 2. The Bertz CT molecular complexity index is 1150. The Balaban J connectivity index is 1.75. The number of ketones is 1. The van der Waals surface area contributed by atoms with Crippen molar-refractivity contribution in [2.75, 3.05) is 11.1 Å². The van der Waals surface area contributed by atoms with Crippen LogP contribution in [0.2, 0.25) is 5.02 Å². The van der Waals surface area contributed by atoms with Crippen LogP contribution >= 0.6 is 22.9 Å². The molecule has 0 saturated heterocycles. The molecule has 7 heteroatoms. The topological polar surface area (TPSA) is 85.1 Å². The number of anilines is 2. The number of pyridine rings is 1. The molecule has 0 fully saturated rings. The van der Waals surface area contributed by atoms with Crippen molar-refractivity contribution in [1.82, 2.24) is 4.98 Å². The van der Waals surface area contributed by atoms with E-state index < -0.39 is 0 Å². The minimum absolute atomic E-state index is 0.0757. The summed E-state index contributed by atoms with van der Waals surface area (Å²) >= 11 is 7.28. The molecule has 0 spiro atoms. The average molecular weight is 414 g/mol. The van der Waals surface area contributed by atoms with Crippen LogP contribution in [0, 0.1) is 12.3 Å². The van der Waals surface area contributed by atoms with Gasteiger partial charge >= 0.3 is 0 Å². The smallest absolute Gasteiger partial charge is 0.267 e. The number of nitrogens with two attached hydrogens (primary N) is 1. The third kappa shape index (κ3) is 3.27. The van der Waals surface area contributed by atoms with Gasteiger partial charge in [-0.2, -0.15) is 0 Å². The first-order valence-electron chi connectivity index (χ1n) is 8.97. The largest absolute Gasteiger partial charge is 0.397 e. The predicted octanol–water partition coefficient (Wildman–Crippen LogP) is 5.25. The van der Waals surface area contributed by atoms with Gasteiger partial charge in [-0.05, 0) is 42.5 Å². The highest BCUT2D eigenvalue weighted by Crippen LogP contribution is 2.39. The minimum atomic E-state index is -0.310. The van der Waals surface area contributed by atoms with Crippen LogP contribution in [0.5, 0.6) is 0 Å². The fraction of sp³-hybridized carbons (Fsp3) is 0.286. The van der Waals surface area contributed by atoms with E-state index in [1.165, 1.54) is 11.3 Å². The molecule has 0 radical (unpaired) electrons. The van der Waals surface area contributed by atoms with E-state index in [4.69, 9.17) is 17.3 Å². The number of fused-ring (bicyclic) bond motifs is 2. The van der Waals surface area contributed by atoms with Gasteiger partial charge < -0.3 is 11.1 Å². The summed E-state index contributed by atoms with van der Waals surface area (Å²) in [6, 6.07) is 7.11. The number of nitrogen functional groups attached to an aromatic ring is 1. The van der Waals surface area contributed by atoms with Crippen LogP contribution in [0.3, 0.4) is 0 Å². The number of carbonyl (C=O) groups excluding carboxylic acids is 2. The molecule has 0 saturated carbocycles. The van der Waals surface area contributed by atoms with Crippen LogP contribution in [0.1, 0.15) is 51.6 Å². The van der Waals surface area contributed by atoms with Gasteiger partial charge in [-0.15, -0.1) is 11.3 Å². The van der Waals surface area contributed by atoms with E-state index in [-0.39, 0.29) is 17.1 Å². The zero-order valence-electron chi connectivity index (χ0n) is 15.9. The molecule has 2 aromatic heterocycles. The minimum Gasteiger partial charge on any atom is -0.397 e. The number of amides is 1. The van der Waals surface area contributed by atoms with Gasteiger partial charge in [0, 0.05) is 28.1 Å². The lowest BCUT2D eigenvalue weighted by Crippen LogP contribution is -2.27. The van der Waals surface area contributed by atoms with Crippen LogP contribution in [0.25, 0.3) is 10.2 Å². The predicted molar refractivity (Wildman–Crippen MR) is 115 cm³/mol. The molecule has 1 aliphatic rings. The van der Waals surface area contributed by atoms with Crippen molar-refractivity contribution in [3.63, 3.8) is 0 Å². The van der Waals surface area contributed by atoms with Crippen molar-refractivity contribution in [2.45, 2.75) is 33.6 Å². The van der Waals surface area contributed by atoms with Crippen molar-refractivity contribution in [3.8, 4) is 0 Å². The molecular formula is C21H20ClN3O2S. The fourth-order valence-electron chi connectivity index (χ4n) is 3.58. The molecule has 1 aliphatic carbocycles. The second-order valence-corrected chi connectivity index (χ2v) is 9.47. The zero-order valence-corrected chi connectivity index (χ0v) is 17.4. The lowest BCUT2D eigenvalue weighted by molar-refractivity contribution is 0.0910. The Morgan fingerprint density at radius 2 is 2.04 bits per heavy atom. The molecule has 4 rings (SSSR count). The number of hydrogen-bond donors (Lipinski definition) is 2. The van der Waals surface area contributed by atoms with Gasteiger partial charge in [-0.1, -0.05) is 31.5 Å². The van der Waals surface area contributed by atoms with E-state index in [0.717, 1.165) is 17.7 Å². The van der Waals surface area contributed by atoms with Crippen molar-refractivity contribution >= 4 is 56.2 Å². The molecule has 2 heterocycles. The Hall–Kier alpha value is -2.44. The first-order chi connectivity index (χ1) is 13.1. The maximum atomic E-state index is 12.8. The van der Waals surface area contributed by atoms with Crippen molar-refractivity contribution in [1.29, 1.82) is 0 Å². The van der Waals surface area contributed by atoms with Crippen molar-refractivity contribution < 1.29 is 9.59 Å². The molecular weight excluding hydrogens is 394 g/mol. The van der Waals surface area contributed by atoms with Gasteiger partial charge in [-0.3, -0.25) is 9.59 Å². The molecule has 3 N–H and O–H groups in total. The Kier molecular flexibility index (Phi) is 4.43. The van der Waals surface area contributed by atoms with E-state index in [9.17, 15) is 9.59 Å². The summed E-state index contributed by atoms with van der Waals surface area (Å²) in [6.45, 7) is 6.02. The van der Waals surface area contributed by atoms with E-state index >= 15 is 0 Å². The summed E-state index contributed by atoms with van der Waals surface area (Å²) in [4.78, 5) is 31.1. The van der Waals surface area contributed by atoms with Gasteiger partial charge in [0.1, 0.15) is 9.71 Å². The molecule has 0 bridgehead atoms. The maximum absolute atomic E-state index is 12.8. The van der Waals surface area contributed by atoms with Crippen molar-refractivity contribution in [3.05, 3.63) is 51.0 Å². The molecule has 0 aliphatic heterocycles. The second-order valence-electron chi connectivity index (χ2n) is 8.03. The number of aryl methyl sites for hydroxylation is 1. The monoisotopic (exact) mass is 413 g/mol. The van der Waals surface area contributed by atoms with Gasteiger partial charge in [0.15, 0.2) is 5.78 Å². The number of Topliss-reactive ketones (excluding diaryl/α,β-unsaturated/α-hetero) is 1. The molecule has 3 aromatic rings. The van der Waals surface area contributed by atoms with Crippen molar-refractivity contribution in [2.24, 2.45) is 5.41 Å². The summed E-state index contributed by atoms with van der Waals surface area (Å²) in [7, 11) is 0. The molecule has 144 valence electrons.